The second kappa shape index (κ2) is 7.23. The van der Waals surface area contributed by atoms with E-state index in [9.17, 15) is 10.1 Å². The highest BCUT2D eigenvalue weighted by molar-refractivity contribution is 7.98. The van der Waals surface area contributed by atoms with Crippen molar-refractivity contribution < 1.29 is 9.34 Å². The van der Waals surface area contributed by atoms with Crippen molar-refractivity contribution in [3.63, 3.8) is 0 Å². The summed E-state index contributed by atoms with van der Waals surface area (Å²) in [5.74, 6) is 1.16. The fourth-order valence-electron chi connectivity index (χ4n) is 3.25. The molecule has 0 fully saturated rings. The normalized spacial score (nSPS) is 11.4. The van der Waals surface area contributed by atoms with Crippen LogP contribution in [0.2, 0.25) is 0 Å². The van der Waals surface area contributed by atoms with Crippen molar-refractivity contribution in [3.8, 4) is 11.5 Å². The van der Waals surface area contributed by atoms with Crippen molar-refractivity contribution in [2.75, 3.05) is 0 Å². The van der Waals surface area contributed by atoms with Crippen LogP contribution in [-0.4, -0.2) is 29.7 Å². The molecule has 3 heterocycles. The van der Waals surface area contributed by atoms with Crippen molar-refractivity contribution in [1.82, 2.24) is 24.8 Å². The summed E-state index contributed by atoms with van der Waals surface area (Å²) >= 11 is 1.45. The SMILES string of the molecule is Cc1cc2nnc(SCc3nnc(-c4ccc([N+](=O)[O-])cc4)o3)n2c2ccccc12. The maximum absolute atomic E-state index is 10.8. The Hall–Kier alpha value is -3.79. The molecule has 148 valence electrons. The number of hydrogen-bond acceptors (Lipinski definition) is 8. The predicted molar refractivity (Wildman–Crippen MR) is 111 cm³/mol. The Bertz CT molecular complexity index is 1390. The number of nitro groups is 1. The van der Waals surface area contributed by atoms with Gasteiger partial charge in [-0.2, -0.15) is 0 Å². The second-order valence-electron chi connectivity index (χ2n) is 6.61. The first kappa shape index (κ1) is 18.3. The summed E-state index contributed by atoms with van der Waals surface area (Å²) in [5, 5.41) is 29.4. The van der Waals surface area contributed by atoms with Crippen LogP contribution in [0, 0.1) is 17.0 Å². The van der Waals surface area contributed by atoms with Gasteiger partial charge in [0.05, 0.1) is 16.2 Å². The van der Waals surface area contributed by atoms with Crippen molar-refractivity contribution in [1.29, 1.82) is 0 Å². The second-order valence-corrected chi connectivity index (χ2v) is 7.56. The lowest BCUT2D eigenvalue weighted by Gasteiger charge is -2.06. The van der Waals surface area contributed by atoms with Crippen LogP contribution in [0.5, 0.6) is 0 Å². The molecular formula is C20H14N6O3S. The Morgan fingerprint density at radius 1 is 1.07 bits per heavy atom. The Morgan fingerprint density at radius 2 is 1.87 bits per heavy atom. The third-order valence-electron chi connectivity index (χ3n) is 4.69. The quantitative estimate of drug-likeness (QED) is 0.234. The molecule has 30 heavy (non-hydrogen) atoms. The molecule has 0 radical (unpaired) electrons. The molecule has 0 unspecified atom stereocenters. The summed E-state index contributed by atoms with van der Waals surface area (Å²) in [6, 6.07) is 16.1. The zero-order valence-electron chi connectivity index (χ0n) is 15.7. The fourth-order valence-corrected chi connectivity index (χ4v) is 4.04. The molecule has 0 N–H and O–H groups in total. The van der Waals surface area contributed by atoms with Crippen LogP contribution < -0.4 is 0 Å². The lowest BCUT2D eigenvalue weighted by Crippen LogP contribution is -1.93. The first-order valence-electron chi connectivity index (χ1n) is 9.03. The molecule has 2 aromatic carbocycles. The van der Waals surface area contributed by atoms with Crippen LogP contribution >= 0.6 is 11.8 Å². The van der Waals surface area contributed by atoms with Crippen molar-refractivity contribution in [3.05, 3.63) is 76.2 Å². The van der Waals surface area contributed by atoms with Crippen LogP contribution in [0.3, 0.4) is 0 Å². The van der Waals surface area contributed by atoms with Gasteiger partial charge < -0.3 is 4.42 Å². The monoisotopic (exact) mass is 418 g/mol. The van der Waals surface area contributed by atoms with E-state index >= 15 is 0 Å². The van der Waals surface area contributed by atoms with Gasteiger partial charge in [0.25, 0.3) is 5.69 Å². The molecule has 0 atom stereocenters. The Labute approximate surface area is 173 Å². The van der Waals surface area contributed by atoms with E-state index in [-0.39, 0.29) is 5.69 Å². The minimum absolute atomic E-state index is 0.00944. The summed E-state index contributed by atoms with van der Waals surface area (Å²) in [5.41, 5.74) is 3.60. The number of thioether (sulfide) groups is 1. The van der Waals surface area contributed by atoms with Gasteiger partial charge in [0, 0.05) is 23.1 Å². The van der Waals surface area contributed by atoms with Gasteiger partial charge in [-0.05, 0) is 36.8 Å². The van der Waals surface area contributed by atoms with Crippen LogP contribution in [0.25, 0.3) is 28.0 Å². The maximum atomic E-state index is 10.8. The number of para-hydroxylation sites is 1. The summed E-state index contributed by atoms with van der Waals surface area (Å²) in [4.78, 5) is 10.3. The molecule has 0 aliphatic carbocycles. The van der Waals surface area contributed by atoms with Gasteiger partial charge in [-0.25, -0.2) is 0 Å². The van der Waals surface area contributed by atoms with Gasteiger partial charge in [0.15, 0.2) is 10.8 Å². The van der Waals surface area contributed by atoms with E-state index in [0.717, 1.165) is 27.3 Å². The number of nitro benzene ring substituents is 1. The number of rotatable bonds is 5. The summed E-state index contributed by atoms with van der Waals surface area (Å²) in [6.45, 7) is 2.06. The predicted octanol–water partition coefficient (Wildman–Crippen LogP) is 4.44. The first-order valence-corrected chi connectivity index (χ1v) is 10.0. The van der Waals surface area contributed by atoms with E-state index in [4.69, 9.17) is 4.42 Å². The molecule has 0 spiro atoms. The highest BCUT2D eigenvalue weighted by Crippen LogP contribution is 2.28. The third kappa shape index (κ3) is 3.16. The highest BCUT2D eigenvalue weighted by atomic mass is 32.2. The standard InChI is InChI=1S/C20H14N6O3S/c1-12-10-17-21-24-20(25(17)16-5-3-2-4-15(12)16)30-11-18-22-23-19(29-18)13-6-8-14(9-7-13)26(27)28/h2-10H,11H2,1H3. The van der Waals surface area contributed by atoms with Crippen molar-refractivity contribution in [2.45, 2.75) is 17.8 Å². The van der Waals surface area contributed by atoms with Crippen LogP contribution in [0.1, 0.15) is 11.5 Å². The van der Waals surface area contributed by atoms with Crippen molar-refractivity contribution >= 4 is 34.0 Å². The number of pyridine rings is 1. The molecule has 0 saturated carbocycles. The van der Waals surface area contributed by atoms with Crippen LogP contribution in [0.15, 0.2) is 64.2 Å². The lowest BCUT2D eigenvalue weighted by molar-refractivity contribution is -0.384. The van der Waals surface area contributed by atoms with Gasteiger partial charge in [-0.15, -0.1) is 20.4 Å². The largest absolute Gasteiger partial charge is 0.420 e. The molecule has 0 aliphatic heterocycles. The molecule has 3 aromatic heterocycles. The topological polar surface area (TPSA) is 112 Å². The van der Waals surface area contributed by atoms with E-state index in [1.807, 2.05) is 28.7 Å². The molecular weight excluding hydrogens is 404 g/mol. The van der Waals surface area contributed by atoms with Gasteiger partial charge in [-0.1, -0.05) is 30.0 Å². The molecule has 0 aliphatic rings. The number of nitrogens with zero attached hydrogens (tertiary/aromatic N) is 6. The minimum atomic E-state index is -0.451. The fraction of sp³-hybridized carbons (Fsp3) is 0.100. The summed E-state index contributed by atoms with van der Waals surface area (Å²) < 4.78 is 7.73. The molecule has 5 aromatic rings. The van der Waals surface area contributed by atoms with Crippen molar-refractivity contribution in [2.24, 2.45) is 0 Å². The number of aromatic nitrogens is 5. The van der Waals surface area contributed by atoms with Crippen LogP contribution in [0.4, 0.5) is 5.69 Å². The summed E-state index contributed by atoms with van der Waals surface area (Å²) in [7, 11) is 0. The van der Waals surface area contributed by atoms with Gasteiger partial charge >= 0.3 is 0 Å². The van der Waals surface area contributed by atoms with E-state index < -0.39 is 4.92 Å². The van der Waals surface area contributed by atoms with Gasteiger partial charge in [0.1, 0.15) is 0 Å². The van der Waals surface area contributed by atoms with Gasteiger partial charge in [-0.3, -0.25) is 14.5 Å². The van der Waals surface area contributed by atoms with E-state index in [1.165, 1.54) is 23.9 Å². The molecule has 0 amide bonds. The van der Waals surface area contributed by atoms with E-state index in [0.29, 0.717) is 23.1 Å². The van der Waals surface area contributed by atoms with E-state index in [2.05, 4.69) is 33.4 Å². The highest BCUT2D eigenvalue weighted by Gasteiger charge is 2.15. The Kier molecular flexibility index (Phi) is 4.40. The van der Waals surface area contributed by atoms with Gasteiger partial charge in [0.2, 0.25) is 11.8 Å². The Balaban J connectivity index is 1.40. The average molecular weight is 418 g/mol. The molecule has 5 rings (SSSR count). The lowest BCUT2D eigenvalue weighted by atomic mass is 10.1. The maximum Gasteiger partial charge on any atom is 0.269 e. The number of hydrogen-bond donors (Lipinski definition) is 0. The third-order valence-corrected chi connectivity index (χ3v) is 5.60. The number of benzene rings is 2. The first-order chi connectivity index (χ1) is 14.6. The molecule has 0 bridgehead atoms. The minimum Gasteiger partial charge on any atom is -0.420 e. The Morgan fingerprint density at radius 3 is 2.67 bits per heavy atom. The zero-order valence-corrected chi connectivity index (χ0v) is 16.5. The van der Waals surface area contributed by atoms with E-state index in [1.54, 1.807) is 12.1 Å². The smallest absolute Gasteiger partial charge is 0.269 e. The molecule has 10 heteroatoms. The van der Waals surface area contributed by atoms with Crippen LogP contribution in [-0.2, 0) is 5.75 Å². The molecule has 0 saturated heterocycles. The number of fused-ring (bicyclic) bond motifs is 3. The summed E-state index contributed by atoms with van der Waals surface area (Å²) in [6.07, 6.45) is 0. The average Bonchev–Trinajstić information content (AvgIpc) is 3.39. The zero-order chi connectivity index (χ0) is 20.7. The number of aryl methyl sites for hydroxylation is 1. The number of non-ortho nitro benzene ring substituents is 1. The molecule has 9 nitrogen and oxygen atoms in total.